The van der Waals surface area contributed by atoms with Crippen molar-refractivity contribution in [1.29, 1.82) is 0 Å². The lowest BCUT2D eigenvalue weighted by Gasteiger charge is -2.06. The SMILES string of the molecule is O=C(CS(=O)Cc1cccc(C(=O)O)c1)OCCc1ccccc1. The van der Waals surface area contributed by atoms with Gasteiger partial charge in [0.1, 0.15) is 5.75 Å². The largest absolute Gasteiger partial charge is 0.478 e. The number of ether oxygens (including phenoxy) is 1. The molecule has 126 valence electrons. The van der Waals surface area contributed by atoms with E-state index in [2.05, 4.69) is 0 Å². The Balaban J connectivity index is 1.76. The van der Waals surface area contributed by atoms with Gasteiger partial charge in [0.2, 0.25) is 0 Å². The Morgan fingerprint density at radius 3 is 2.42 bits per heavy atom. The first-order valence-electron chi connectivity index (χ1n) is 7.41. The van der Waals surface area contributed by atoms with Gasteiger partial charge in [-0.2, -0.15) is 0 Å². The highest BCUT2D eigenvalue weighted by atomic mass is 32.2. The summed E-state index contributed by atoms with van der Waals surface area (Å²) in [5.74, 6) is -1.64. The summed E-state index contributed by atoms with van der Waals surface area (Å²) in [6.45, 7) is 0.245. The molecule has 1 N–H and O–H groups in total. The standard InChI is InChI=1S/C18H18O5S/c19-17(23-10-9-14-5-2-1-3-6-14)13-24(22)12-15-7-4-8-16(11-15)18(20)21/h1-8,11H,9-10,12-13H2,(H,20,21). The Bertz CT molecular complexity index is 727. The lowest BCUT2D eigenvalue weighted by molar-refractivity contribution is -0.140. The molecule has 24 heavy (non-hydrogen) atoms. The number of carbonyl (C=O) groups is 2. The molecule has 5 nitrogen and oxygen atoms in total. The van der Waals surface area contributed by atoms with Crippen LogP contribution in [0.1, 0.15) is 21.5 Å². The molecule has 0 aliphatic heterocycles. The number of carboxylic acids is 1. The number of carbonyl (C=O) groups excluding carboxylic acids is 1. The lowest BCUT2D eigenvalue weighted by atomic mass is 10.1. The van der Waals surface area contributed by atoms with Gasteiger partial charge in [0.15, 0.2) is 0 Å². The molecule has 0 bridgehead atoms. The van der Waals surface area contributed by atoms with Crippen LogP contribution in [0.15, 0.2) is 54.6 Å². The van der Waals surface area contributed by atoms with Crippen LogP contribution in [-0.4, -0.2) is 33.6 Å². The Hall–Kier alpha value is -2.47. The van der Waals surface area contributed by atoms with Crippen molar-refractivity contribution < 1.29 is 23.6 Å². The molecule has 0 fully saturated rings. The van der Waals surface area contributed by atoms with Gasteiger partial charge < -0.3 is 9.84 Å². The Labute approximate surface area is 142 Å². The van der Waals surface area contributed by atoms with E-state index in [4.69, 9.17) is 9.84 Å². The van der Waals surface area contributed by atoms with Gasteiger partial charge in [-0.3, -0.25) is 9.00 Å². The molecule has 1 atom stereocenters. The van der Waals surface area contributed by atoms with Crippen LogP contribution in [0.5, 0.6) is 0 Å². The van der Waals surface area contributed by atoms with E-state index in [-0.39, 0.29) is 23.7 Å². The van der Waals surface area contributed by atoms with Crippen molar-refractivity contribution in [3.63, 3.8) is 0 Å². The molecule has 2 aromatic carbocycles. The van der Waals surface area contributed by atoms with Crippen molar-refractivity contribution in [2.75, 3.05) is 12.4 Å². The van der Waals surface area contributed by atoms with Crippen LogP contribution in [0.2, 0.25) is 0 Å². The molecule has 0 radical (unpaired) electrons. The molecule has 2 aromatic rings. The molecule has 0 spiro atoms. The van der Waals surface area contributed by atoms with E-state index in [1.165, 1.54) is 12.1 Å². The van der Waals surface area contributed by atoms with Crippen LogP contribution in [0, 0.1) is 0 Å². The van der Waals surface area contributed by atoms with Crippen LogP contribution in [-0.2, 0) is 32.5 Å². The van der Waals surface area contributed by atoms with E-state index < -0.39 is 22.7 Å². The summed E-state index contributed by atoms with van der Waals surface area (Å²) >= 11 is 0. The van der Waals surface area contributed by atoms with Crippen molar-refractivity contribution in [3.05, 3.63) is 71.3 Å². The van der Waals surface area contributed by atoms with Gasteiger partial charge in [-0.05, 0) is 23.3 Å². The van der Waals surface area contributed by atoms with Gasteiger partial charge in [-0.15, -0.1) is 0 Å². The van der Waals surface area contributed by atoms with Gasteiger partial charge in [0.05, 0.1) is 12.2 Å². The molecule has 6 heteroatoms. The van der Waals surface area contributed by atoms with Crippen LogP contribution in [0.3, 0.4) is 0 Å². The number of benzene rings is 2. The van der Waals surface area contributed by atoms with Gasteiger partial charge in [0.25, 0.3) is 0 Å². The molecule has 1 unspecified atom stereocenters. The molecule has 0 aromatic heterocycles. The highest BCUT2D eigenvalue weighted by Gasteiger charge is 2.11. The minimum Gasteiger partial charge on any atom is -0.478 e. The van der Waals surface area contributed by atoms with Crippen molar-refractivity contribution in [2.45, 2.75) is 12.2 Å². The first-order chi connectivity index (χ1) is 11.5. The van der Waals surface area contributed by atoms with E-state index in [0.29, 0.717) is 12.0 Å². The van der Waals surface area contributed by atoms with Crippen molar-refractivity contribution in [2.24, 2.45) is 0 Å². The third kappa shape index (κ3) is 5.96. The molecular formula is C18H18O5S. The molecule has 2 rings (SSSR count). The monoisotopic (exact) mass is 346 g/mol. The maximum atomic E-state index is 12.0. The van der Waals surface area contributed by atoms with Crippen molar-refractivity contribution in [1.82, 2.24) is 0 Å². The molecule has 0 aliphatic carbocycles. The second-order valence-electron chi connectivity index (χ2n) is 5.19. The Morgan fingerprint density at radius 1 is 1.00 bits per heavy atom. The zero-order valence-electron chi connectivity index (χ0n) is 13.0. The fourth-order valence-corrected chi connectivity index (χ4v) is 3.13. The van der Waals surface area contributed by atoms with E-state index in [9.17, 15) is 13.8 Å². The molecule has 0 aliphatic rings. The van der Waals surface area contributed by atoms with Gasteiger partial charge >= 0.3 is 11.9 Å². The summed E-state index contributed by atoms with van der Waals surface area (Å²) < 4.78 is 17.1. The van der Waals surface area contributed by atoms with Crippen LogP contribution in [0.4, 0.5) is 0 Å². The van der Waals surface area contributed by atoms with E-state index in [1.54, 1.807) is 12.1 Å². The lowest BCUT2D eigenvalue weighted by Crippen LogP contribution is -2.16. The van der Waals surface area contributed by atoms with E-state index in [1.807, 2.05) is 30.3 Å². The average molecular weight is 346 g/mol. The number of aromatic carboxylic acids is 1. The summed E-state index contributed by atoms with van der Waals surface area (Å²) in [4.78, 5) is 22.6. The predicted octanol–water partition coefficient (Wildman–Crippen LogP) is 2.42. The maximum absolute atomic E-state index is 12.0. The quantitative estimate of drug-likeness (QED) is 0.743. The zero-order chi connectivity index (χ0) is 17.4. The van der Waals surface area contributed by atoms with Crippen molar-refractivity contribution in [3.8, 4) is 0 Å². The zero-order valence-corrected chi connectivity index (χ0v) is 13.8. The Kier molecular flexibility index (Phi) is 6.69. The highest BCUT2D eigenvalue weighted by Crippen LogP contribution is 2.08. The predicted molar refractivity (Wildman–Crippen MR) is 91.2 cm³/mol. The van der Waals surface area contributed by atoms with Gasteiger partial charge in [0, 0.05) is 23.0 Å². The normalized spacial score (nSPS) is 11.7. The summed E-state index contributed by atoms with van der Waals surface area (Å²) in [7, 11) is -1.44. The number of carboxylic acid groups (broad SMARTS) is 1. The minimum atomic E-state index is -1.44. The number of esters is 1. The summed E-state index contributed by atoms with van der Waals surface area (Å²) in [5, 5.41) is 8.93. The first kappa shape index (κ1) is 17.9. The van der Waals surface area contributed by atoms with Gasteiger partial charge in [-0.1, -0.05) is 42.5 Å². The topological polar surface area (TPSA) is 80.7 Å². The molecule has 0 heterocycles. The fourth-order valence-electron chi connectivity index (χ4n) is 2.13. The second kappa shape index (κ2) is 8.98. The Morgan fingerprint density at radius 2 is 1.71 bits per heavy atom. The molecule has 0 saturated heterocycles. The summed E-state index contributed by atoms with van der Waals surface area (Å²) in [6.07, 6.45) is 0.611. The van der Waals surface area contributed by atoms with E-state index >= 15 is 0 Å². The number of rotatable bonds is 8. The average Bonchev–Trinajstić information content (AvgIpc) is 2.56. The van der Waals surface area contributed by atoms with Gasteiger partial charge in [-0.25, -0.2) is 4.79 Å². The smallest absolute Gasteiger partial charge is 0.335 e. The number of hydrogen-bond acceptors (Lipinski definition) is 4. The molecule has 0 amide bonds. The molecule has 0 saturated carbocycles. The van der Waals surface area contributed by atoms with E-state index in [0.717, 1.165) is 5.56 Å². The molecular weight excluding hydrogens is 328 g/mol. The fraction of sp³-hybridized carbons (Fsp3) is 0.222. The summed E-state index contributed by atoms with van der Waals surface area (Å²) in [6, 6.07) is 15.8. The number of hydrogen-bond donors (Lipinski definition) is 1. The van der Waals surface area contributed by atoms with Crippen LogP contribution < -0.4 is 0 Å². The third-order valence-electron chi connectivity index (χ3n) is 3.28. The van der Waals surface area contributed by atoms with Crippen LogP contribution >= 0.6 is 0 Å². The first-order valence-corrected chi connectivity index (χ1v) is 8.90. The highest BCUT2D eigenvalue weighted by molar-refractivity contribution is 7.84. The maximum Gasteiger partial charge on any atom is 0.335 e. The third-order valence-corrected chi connectivity index (χ3v) is 4.49. The summed E-state index contributed by atoms with van der Waals surface area (Å²) in [5.41, 5.74) is 1.82. The second-order valence-corrected chi connectivity index (χ2v) is 6.65. The van der Waals surface area contributed by atoms with Crippen LogP contribution in [0.25, 0.3) is 0 Å². The minimum absolute atomic E-state index is 0.120. The van der Waals surface area contributed by atoms with Crippen molar-refractivity contribution >= 4 is 22.7 Å².